The Balaban J connectivity index is 2.32. The standard InChI is InChI=1S/C12H24N2O3S/c1-12(2,14-7-4-5-8-14)10-13-11(15)6-9-18(3,16)17/h4-10H2,1-3H3,(H,13,15). The molecule has 0 radical (unpaired) electrons. The van der Waals surface area contributed by atoms with Crippen LogP contribution in [0.3, 0.4) is 0 Å². The van der Waals surface area contributed by atoms with Crippen molar-refractivity contribution in [2.45, 2.75) is 38.6 Å². The Kier molecular flexibility index (Phi) is 5.16. The maximum Gasteiger partial charge on any atom is 0.221 e. The first-order valence-electron chi connectivity index (χ1n) is 6.40. The maximum atomic E-state index is 11.6. The number of likely N-dealkylation sites (tertiary alicyclic amines) is 1. The predicted octanol–water partition coefficient (Wildman–Crippen LogP) is 0.412. The van der Waals surface area contributed by atoms with Gasteiger partial charge in [-0.3, -0.25) is 9.69 Å². The number of hydrogen-bond donors (Lipinski definition) is 1. The number of amides is 1. The summed E-state index contributed by atoms with van der Waals surface area (Å²) in [6.45, 7) is 6.93. The van der Waals surface area contributed by atoms with E-state index in [0.29, 0.717) is 6.54 Å². The number of hydrogen-bond acceptors (Lipinski definition) is 4. The van der Waals surface area contributed by atoms with E-state index in [1.54, 1.807) is 0 Å². The molecule has 0 spiro atoms. The highest BCUT2D eigenvalue weighted by atomic mass is 32.2. The van der Waals surface area contributed by atoms with E-state index in [0.717, 1.165) is 19.3 Å². The van der Waals surface area contributed by atoms with Crippen LogP contribution < -0.4 is 5.32 Å². The number of rotatable bonds is 6. The largest absolute Gasteiger partial charge is 0.354 e. The molecule has 0 atom stereocenters. The molecule has 1 aliphatic heterocycles. The first-order chi connectivity index (χ1) is 8.21. The van der Waals surface area contributed by atoms with Crippen LogP contribution in [0.4, 0.5) is 0 Å². The van der Waals surface area contributed by atoms with Gasteiger partial charge in [0.05, 0.1) is 5.75 Å². The summed E-state index contributed by atoms with van der Waals surface area (Å²) in [6, 6.07) is 0. The molecule has 1 heterocycles. The highest BCUT2D eigenvalue weighted by Crippen LogP contribution is 2.19. The van der Waals surface area contributed by atoms with Gasteiger partial charge >= 0.3 is 0 Å². The Morgan fingerprint density at radius 1 is 1.28 bits per heavy atom. The number of sulfone groups is 1. The monoisotopic (exact) mass is 276 g/mol. The minimum atomic E-state index is -3.06. The van der Waals surface area contributed by atoms with Gasteiger partial charge in [-0.1, -0.05) is 0 Å². The summed E-state index contributed by atoms with van der Waals surface area (Å²) >= 11 is 0. The number of carbonyl (C=O) groups is 1. The van der Waals surface area contributed by atoms with E-state index in [4.69, 9.17) is 0 Å². The normalized spacial score (nSPS) is 17.9. The molecule has 18 heavy (non-hydrogen) atoms. The van der Waals surface area contributed by atoms with Gasteiger partial charge in [0.15, 0.2) is 0 Å². The van der Waals surface area contributed by atoms with Crippen LogP contribution in [0.2, 0.25) is 0 Å². The van der Waals surface area contributed by atoms with Crippen LogP contribution >= 0.6 is 0 Å². The quantitative estimate of drug-likeness (QED) is 0.763. The van der Waals surface area contributed by atoms with Gasteiger partial charge < -0.3 is 5.32 Å². The van der Waals surface area contributed by atoms with E-state index >= 15 is 0 Å². The van der Waals surface area contributed by atoms with Gasteiger partial charge in [0.25, 0.3) is 0 Å². The summed E-state index contributed by atoms with van der Waals surface area (Å²) in [5.41, 5.74) is -0.0583. The van der Waals surface area contributed by atoms with Gasteiger partial charge in [-0.2, -0.15) is 0 Å². The Hall–Kier alpha value is -0.620. The number of nitrogens with zero attached hydrogens (tertiary/aromatic N) is 1. The van der Waals surface area contributed by atoms with Crippen LogP contribution in [-0.4, -0.2) is 56.4 Å². The Morgan fingerprint density at radius 2 is 1.83 bits per heavy atom. The number of carbonyl (C=O) groups excluding carboxylic acids is 1. The van der Waals surface area contributed by atoms with Crippen molar-refractivity contribution in [1.82, 2.24) is 10.2 Å². The molecule has 0 aromatic carbocycles. The van der Waals surface area contributed by atoms with Crippen molar-refractivity contribution in [3.8, 4) is 0 Å². The molecule has 106 valence electrons. The van der Waals surface area contributed by atoms with Gasteiger partial charge in [0, 0.05) is 24.8 Å². The summed E-state index contributed by atoms with van der Waals surface area (Å²) in [5, 5.41) is 2.83. The van der Waals surface area contributed by atoms with Crippen LogP contribution in [0.25, 0.3) is 0 Å². The van der Waals surface area contributed by atoms with Gasteiger partial charge in [0.1, 0.15) is 9.84 Å². The average Bonchev–Trinajstić information content (AvgIpc) is 2.76. The molecule has 1 fully saturated rings. The van der Waals surface area contributed by atoms with E-state index in [9.17, 15) is 13.2 Å². The fraction of sp³-hybridized carbons (Fsp3) is 0.917. The van der Waals surface area contributed by atoms with Crippen LogP contribution in [0.1, 0.15) is 33.1 Å². The van der Waals surface area contributed by atoms with Gasteiger partial charge in [-0.25, -0.2) is 8.42 Å². The number of nitrogens with one attached hydrogen (secondary N) is 1. The van der Waals surface area contributed by atoms with Crippen LogP contribution in [0.15, 0.2) is 0 Å². The topological polar surface area (TPSA) is 66.5 Å². The van der Waals surface area contributed by atoms with Crippen LogP contribution in [-0.2, 0) is 14.6 Å². The second-order valence-corrected chi connectivity index (χ2v) is 7.92. The zero-order valence-electron chi connectivity index (χ0n) is 11.5. The molecule has 0 unspecified atom stereocenters. The Labute approximate surface area is 110 Å². The lowest BCUT2D eigenvalue weighted by Gasteiger charge is -2.35. The molecule has 1 rings (SSSR count). The van der Waals surface area contributed by atoms with Crippen LogP contribution in [0, 0.1) is 0 Å². The van der Waals surface area contributed by atoms with Crippen molar-refractivity contribution in [2.24, 2.45) is 0 Å². The van der Waals surface area contributed by atoms with E-state index in [2.05, 4.69) is 24.1 Å². The lowest BCUT2D eigenvalue weighted by Crippen LogP contribution is -2.50. The van der Waals surface area contributed by atoms with Crippen molar-refractivity contribution >= 4 is 15.7 Å². The summed E-state index contributed by atoms with van der Waals surface area (Å²) in [5.74, 6) is -0.268. The van der Waals surface area contributed by atoms with E-state index in [-0.39, 0.29) is 23.6 Å². The van der Waals surface area contributed by atoms with Crippen molar-refractivity contribution in [3.05, 3.63) is 0 Å². The van der Waals surface area contributed by atoms with E-state index in [1.165, 1.54) is 12.8 Å². The molecule has 0 aliphatic carbocycles. The first kappa shape index (κ1) is 15.4. The van der Waals surface area contributed by atoms with Crippen LogP contribution in [0.5, 0.6) is 0 Å². The molecule has 6 heteroatoms. The van der Waals surface area contributed by atoms with Crippen molar-refractivity contribution in [3.63, 3.8) is 0 Å². The molecule has 5 nitrogen and oxygen atoms in total. The van der Waals surface area contributed by atoms with Crippen molar-refractivity contribution in [2.75, 3.05) is 31.6 Å². The molecule has 0 saturated carbocycles. The zero-order valence-corrected chi connectivity index (χ0v) is 12.3. The molecule has 0 bridgehead atoms. The highest BCUT2D eigenvalue weighted by Gasteiger charge is 2.29. The molecule has 1 aliphatic rings. The second-order valence-electron chi connectivity index (χ2n) is 5.66. The van der Waals surface area contributed by atoms with Gasteiger partial charge in [0.2, 0.25) is 5.91 Å². The molecule has 0 aromatic heterocycles. The average molecular weight is 276 g/mol. The highest BCUT2D eigenvalue weighted by molar-refractivity contribution is 7.90. The van der Waals surface area contributed by atoms with E-state index in [1.807, 2.05) is 0 Å². The summed E-state index contributed by atoms with van der Waals surface area (Å²) in [4.78, 5) is 13.9. The SMILES string of the molecule is CC(C)(CNC(=O)CCS(C)(=O)=O)N1CCCC1. The molecule has 0 aromatic rings. The molecule has 1 saturated heterocycles. The predicted molar refractivity (Wildman–Crippen MR) is 72.2 cm³/mol. The van der Waals surface area contributed by atoms with Crippen molar-refractivity contribution in [1.29, 1.82) is 0 Å². The molecular weight excluding hydrogens is 252 g/mol. The lowest BCUT2D eigenvalue weighted by atomic mass is 10.0. The van der Waals surface area contributed by atoms with Gasteiger partial charge in [-0.05, 0) is 39.8 Å². The molecular formula is C12H24N2O3S. The third-order valence-electron chi connectivity index (χ3n) is 3.38. The third-order valence-corrected chi connectivity index (χ3v) is 4.33. The third kappa shape index (κ3) is 5.35. The molecule has 1 amide bonds. The summed E-state index contributed by atoms with van der Waals surface area (Å²) < 4.78 is 21.9. The van der Waals surface area contributed by atoms with E-state index < -0.39 is 9.84 Å². The Bertz CT molecular complexity index is 384. The second kappa shape index (κ2) is 6.02. The minimum Gasteiger partial charge on any atom is -0.354 e. The van der Waals surface area contributed by atoms with Crippen molar-refractivity contribution < 1.29 is 13.2 Å². The molecule has 1 N–H and O–H groups in total. The lowest BCUT2D eigenvalue weighted by molar-refractivity contribution is -0.121. The zero-order chi connectivity index (χ0) is 13.8. The fourth-order valence-corrected chi connectivity index (χ4v) is 2.67. The fourth-order valence-electron chi connectivity index (χ4n) is 2.12. The smallest absolute Gasteiger partial charge is 0.221 e. The first-order valence-corrected chi connectivity index (χ1v) is 8.46. The summed E-state index contributed by atoms with van der Waals surface area (Å²) in [7, 11) is -3.06. The minimum absolute atomic E-state index is 0.0505. The maximum absolute atomic E-state index is 11.6. The summed E-state index contributed by atoms with van der Waals surface area (Å²) in [6.07, 6.45) is 3.63. The Morgan fingerprint density at radius 3 is 2.33 bits per heavy atom. The van der Waals surface area contributed by atoms with Gasteiger partial charge in [-0.15, -0.1) is 0 Å².